The highest BCUT2D eigenvalue weighted by Gasteiger charge is 2.38. The van der Waals surface area contributed by atoms with Gasteiger partial charge in [0.25, 0.3) is 11.8 Å². The van der Waals surface area contributed by atoms with Gasteiger partial charge in [0.1, 0.15) is 17.7 Å². The van der Waals surface area contributed by atoms with Crippen molar-refractivity contribution in [3.8, 4) is 0 Å². The van der Waals surface area contributed by atoms with Gasteiger partial charge in [-0.15, -0.1) is 0 Å². The Balaban J connectivity index is 0.933. The first-order chi connectivity index (χ1) is 29.3. The SMILES string of the molecule is COOC=N[C@@H](C(=O)N1CCC[C@H]1c1nc2ccc(NC(=O)Nc3ccc4nc([C@@H]5CCCN5C(=O)[C@H](NC(=O)OC)c5ccccc5)[nH]c4c3)cc2[nH]1)c1ccccc1. The van der Waals surface area contributed by atoms with Gasteiger partial charge in [-0.2, -0.15) is 4.89 Å². The summed E-state index contributed by atoms with van der Waals surface area (Å²) >= 11 is 0. The normalized spacial score (nSPS) is 17.5. The van der Waals surface area contributed by atoms with Gasteiger partial charge in [-0.05, 0) is 73.2 Å². The van der Waals surface area contributed by atoms with Crippen molar-refractivity contribution in [1.82, 2.24) is 35.1 Å². The lowest BCUT2D eigenvalue weighted by molar-refractivity contribution is -0.188. The second kappa shape index (κ2) is 17.7. The minimum Gasteiger partial charge on any atom is -0.453 e. The average molecular weight is 813 g/mol. The fourth-order valence-corrected chi connectivity index (χ4v) is 7.94. The highest BCUT2D eigenvalue weighted by atomic mass is 17.2. The number of aliphatic imine (C=N–C) groups is 1. The van der Waals surface area contributed by atoms with E-state index in [1.807, 2.05) is 54.6 Å². The van der Waals surface area contributed by atoms with E-state index in [1.165, 1.54) is 14.2 Å². The predicted molar refractivity (Wildman–Crippen MR) is 223 cm³/mol. The first kappa shape index (κ1) is 39.6. The van der Waals surface area contributed by atoms with E-state index in [0.717, 1.165) is 31.2 Å². The van der Waals surface area contributed by atoms with Crippen molar-refractivity contribution in [2.75, 3.05) is 37.9 Å². The van der Waals surface area contributed by atoms with Crippen molar-refractivity contribution in [1.29, 1.82) is 0 Å². The van der Waals surface area contributed by atoms with Gasteiger partial charge in [-0.25, -0.2) is 24.5 Å². The van der Waals surface area contributed by atoms with Crippen LogP contribution in [0.2, 0.25) is 0 Å². The zero-order valence-corrected chi connectivity index (χ0v) is 33.0. The van der Waals surface area contributed by atoms with E-state index in [0.29, 0.717) is 70.2 Å². The molecule has 2 aromatic heterocycles. The predicted octanol–water partition coefficient (Wildman–Crippen LogP) is 6.86. The van der Waals surface area contributed by atoms with E-state index < -0.39 is 24.2 Å². The van der Waals surface area contributed by atoms with E-state index in [2.05, 4.69) is 35.8 Å². The van der Waals surface area contributed by atoms with E-state index in [-0.39, 0.29) is 23.9 Å². The van der Waals surface area contributed by atoms with Crippen LogP contribution in [0.3, 0.4) is 0 Å². The zero-order valence-electron chi connectivity index (χ0n) is 33.0. The first-order valence-electron chi connectivity index (χ1n) is 19.6. The monoisotopic (exact) mass is 812 g/mol. The lowest BCUT2D eigenvalue weighted by atomic mass is 10.1. The second-order valence-corrected chi connectivity index (χ2v) is 14.5. The number of aromatic nitrogens is 4. The van der Waals surface area contributed by atoms with Gasteiger partial charge in [0, 0.05) is 24.5 Å². The van der Waals surface area contributed by atoms with Crippen molar-refractivity contribution in [3.05, 3.63) is 120 Å². The molecule has 0 spiro atoms. The number of amides is 5. The molecule has 4 atom stereocenters. The van der Waals surface area contributed by atoms with Crippen LogP contribution in [0.4, 0.5) is 21.0 Å². The van der Waals surface area contributed by atoms with Gasteiger partial charge < -0.3 is 45.3 Å². The van der Waals surface area contributed by atoms with Crippen LogP contribution in [0.5, 0.6) is 0 Å². The number of likely N-dealkylation sites (tertiary alicyclic amines) is 2. The summed E-state index contributed by atoms with van der Waals surface area (Å²) in [7, 11) is 2.62. The number of alkyl carbamates (subject to hydrolysis) is 1. The molecule has 8 rings (SSSR count). The summed E-state index contributed by atoms with van der Waals surface area (Å²) < 4.78 is 4.81. The van der Waals surface area contributed by atoms with Crippen LogP contribution in [-0.4, -0.2) is 87.4 Å². The molecule has 2 aliphatic rings. The molecule has 5 N–H and O–H groups in total. The number of nitrogens with one attached hydrogen (secondary N) is 5. The van der Waals surface area contributed by atoms with Gasteiger partial charge in [-0.3, -0.25) is 9.59 Å². The lowest BCUT2D eigenvalue weighted by Crippen LogP contribution is -2.42. The molecule has 4 heterocycles. The molecule has 4 aromatic carbocycles. The molecule has 17 nitrogen and oxygen atoms in total. The fraction of sp³-hybridized carbons (Fsp3) is 0.279. The summed E-state index contributed by atoms with van der Waals surface area (Å²) in [5.41, 5.74) is 5.20. The average Bonchev–Trinajstić information content (AvgIpc) is 4.10. The Morgan fingerprint density at radius 2 is 1.27 bits per heavy atom. The smallest absolute Gasteiger partial charge is 0.407 e. The van der Waals surface area contributed by atoms with Crippen molar-refractivity contribution in [3.63, 3.8) is 0 Å². The van der Waals surface area contributed by atoms with Crippen LogP contribution in [0, 0.1) is 0 Å². The van der Waals surface area contributed by atoms with E-state index in [4.69, 9.17) is 19.6 Å². The minimum absolute atomic E-state index is 0.179. The maximum atomic E-state index is 13.9. The van der Waals surface area contributed by atoms with Crippen LogP contribution in [0.1, 0.15) is 72.6 Å². The molecule has 0 radical (unpaired) electrons. The molecule has 2 fully saturated rings. The number of imidazole rings is 2. The van der Waals surface area contributed by atoms with E-state index in [1.54, 1.807) is 52.3 Å². The molecule has 0 unspecified atom stereocenters. The van der Waals surface area contributed by atoms with Crippen molar-refractivity contribution < 1.29 is 33.7 Å². The Morgan fingerprint density at radius 3 is 1.80 bits per heavy atom. The minimum atomic E-state index is -0.927. The van der Waals surface area contributed by atoms with Crippen LogP contribution in [-0.2, 0) is 24.1 Å². The molecule has 2 saturated heterocycles. The van der Waals surface area contributed by atoms with Gasteiger partial charge >= 0.3 is 12.1 Å². The number of ether oxygens (including phenoxy) is 1. The summed E-state index contributed by atoms with van der Waals surface area (Å²) in [6.45, 7) is 1.05. The molecule has 0 saturated carbocycles. The van der Waals surface area contributed by atoms with Crippen molar-refractivity contribution in [2.24, 2.45) is 4.99 Å². The van der Waals surface area contributed by atoms with Crippen LogP contribution >= 0.6 is 0 Å². The number of nitrogens with zero attached hydrogens (tertiary/aromatic N) is 5. The maximum absolute atomic E-state index is 13.9. The third kappa shape index (κ3) is 8.47. The van der Waals surface area contributed by atoms with Crippen molar-refractivity contribution >= 4 is 63.8 Å². The molecule has 308 valence electrons. The number of hydrogen-bond donors (Lipinski definition) is 5. The first-order valence-corrected chi connectivity index (χ1v) is 19.6. The molecule has 6 aromatic rings. The summed E-state index contributed by atoms with van der Waals surface area (Å²) in [6, 6.07) is 26.2. The van der Waals surface area contributed by atoms with Gasteiger partial charge in [0.2, 0.25) is 6.40 Å². The Hall–Kier alpha value is -7.27. The van der Waals surface area contributed by atoms with Crippen LogP contribution in [0.25, 0.3) is 22.1 Å². The molecule has 17 heteroatoms. The summed E-state index contributed by atoms with van der Waals surface area (Å²) in [4.78, 5) is 87.1. The third-order valence-corrected chi connectivity index (χ3v) is 10.7. The summed E-state index contributed by atoms with van der Waals surface area (Å²) in [5.74, 6) is 0.816. The molecular formula is C43H44N10O7. The fourth-order valence-electron chi connectivity index (χ4n) is 7.94. The molecule has 5 amide bonds. The Morgan fingerprint density at radius 1 is 0.733 bits per heavy atom. The topological polar surface area (TPSA) is 208 Å². The number of hydrogen-bond acceptors (Lipinski definition) is 10. The third-order valence-electron chi connectivity index (χ3n) is 10.7. The number of fused-ring (bicyclic) bond motifs is 2. The number of H-pyrrole nitrogens is 2. The van der Waals surface area contributed by atoms with Gasteiger partial charge in [0.05, 0.1) is 48.4 Å². The number of carbonyl (C=O) groups is 4. The standard InChI is InChI=1S/C43H44N10O7/c1-58-43(57)51-37(27-13-7-4-8-14-27)41(55)53-22-10-16-35(53)39-48-31-20-18-29(24-33(31)50-39)46-42(56)45-28-17-19-30-32(23-28)49-38(47-30)34-15-9-21-52(34)40(54)36(44-25-60-59-2)26-11-5-3-6-12-26/h3-8,11-14,17-20,23-25,34-37H,9-10,15-16,21-22H2,1-2H3,(H,47,49)(H,48,50)(H,51,57)(H2,45,46,56)/t34-,35-,36+,37+/m0/s1. The summed E-state index contributed by atoms with van der Waals surface area (Å²) in [6.07, 6.45) is 3.41. The molecule has 60 heavy (non-hydrogen) atoms. The molecule has 2 aliphatic heterocycles. The molecule has 0 bridgehead atoms. The Bertz CT molecular complexity index is 2530. The second-order valence-electron chi connectivity index (χ2n) is 14.5. The number of urea groups is 1. The zero-order chi connectivity index (χ0) is 41.6. The molecule has 0 aliphatic carbocycles. The number of anilines is 2. The lowest BCUT2D eigenvalue weighted by Gasteiger charge is -2.28. The van der Waals surface area contributed by atoms with Gasteiger partial charge in [-0.1, -0.05) is 60.7 Å². The Labute approximate surface area is 344 Å². The van der Waals surface area contributed by atoms with Crippen LogP contribution < -0.4 is 16.0 Å². The number of benzene rings is 4. The maximum Gasteiger partial charge on any atom is 0.407 e. The van der Waals surface area contributed by atoms with E-state index in [9.17, 15) is 19.2 Å². The van der Waals surface area contributed by atoms with Gasteiger partial charge in [0.15, 0.2) is 6.04 Å². The van der Waals surface area contributed by atoms with Crippen molar-refractivity contribution in [2.45, 2.75) is 49.9 Å². The highest BCUT2D eigenvalue weighted by Crippen LogP contribution is 2.36. The molecular weight excluding hydrogens is 769 g/mol. The summed E-state index contributed by atoms with van der Waals surface area (Å²) in [5, 5.41) is 8.47. The van der Waals surface area contributed by atoms with Crippen LogP contribution in [0.15, 0.2) is 102 Å². The van der Waals surface area contributed by atoms with E-state index >= 15 is 0 Å². The Kier molecular flexibility index (Phi) is 11.7. The number of carbonyl (C=O) groups excluding carboxylic acids is 4. The number of aromatic amines is 2. The highest BCUT2D eigenvalue weighted by molar-refractivity contribution is 6.01. The number of rotatable bonds is 12. The quantitative estimate of drug-likeness (QED) is 0.0378. The largest absolute Gasteiger partial charge is 0.453 e. The number of methoxy groups -OCH3 is 1.